The molecule has 10 heteroatoms. The molecule has 0 aliphatic carbocycles. The zero-order chi connectivity index (χ0) is 26.9. The minimum atomic E-state index is -1.46. The van der Waals surface area contributed by atoms with Crippen molar-refractivity contribution in [2.24, 2.45) is 5.73 Å². The number of carbonyl (C=O) groups is 3. The van der Waals surface area contributed by atoms with E-state index in [4.69, 9.17) is 11.1 Å². The van der Waals surface area contributed by atoms with Gasteiger partial charge >= 0.3 is 5.97 Å². The summed E-state index contributed by atoms with van der Waals surface area (Å²) in [6.45, 7) is 0. The molecule has 3 aromatic rings. The molecule has 2 atom stereocenters. The zero-order valence-corrected chi connectivity index (χ0v) is 21.5. The number of hydrogen-bond donors (Lipinski definition) is 5. The van der Waals surface area contributed by atoms with E-state index >= 15 is 0 Å². The molecule has 1 amide bonds. The normalized spacial score (nSPS) is 12.7. The lowest BCUT2D eigenvalue weighted by atomic mass is 10.00. The molecule has 0 saturated heterocycles. The number of unbranched alkanes of at least 4 members (excludes halogenated alkanes) is 2. The molecule has 2 aromatic carbocycles. The molecule has 0 aliphatic heterocycles. The molecule has 6 N–H and O–H groups in total. The number of aliphatic carboxylic acids is 1. The molecular formula is C27H32N4O5S. The second-order valence-electron chi connectivity index (χ2n) is 9.02. The van der Waals surface area contributed by atoms with E-state index in [9.17, 15) is 23.7 Å². The van der Waals surface area contributed by atoms with E-state index in [1.165, 1.54) is 6.26 Å². The van der Waals surface area contributed by atoms with Crippen molar-refractivity contribution in [1.82, 2.24) is 10.3 Å². The van der Waals surface area contributed by atoms with Crippen LogP contribution in [0.4, 0.5) is 0 Å². The summed E-state index contributed by atoms with van der Waals surface area (Å²) in [5.74, 6) is -1.54. The lowest BCUT2D eigenvalue weighted by Gasteiger charge is -2.15. The number of fused-ring (bicyclic) bond motifs is 1. The standard InChI is InChI=1S/C27H32N4O5S/c1-37(36)25-20-8-5-6-9-21(20)30-24(25)26(33)31-22(27(34)35)16-18-13-11-17(12-14-18)15-19(32)7-3-2-4-10-23(28)29/h5-6,8-9,11-14,22,30H,2-4,7,10,15-16H2,1H3,(H3,28,29)(H,31,33)(H,34,35). The fourth-order valence-electron chi connectivity index (χ4n) is 4.16. The number of nitrogens with one attached hydrogen (secondary N) is 3. The Morgan fingerprint density at radius 3 is 2.32 bits per heavy atom. The Bertz CT molecular complexity index is 1320. The first-order chi connectivity index (χ1) is 17.7. The summed E-state index contributed by atoms with van der Waals surface area (Å²) < 4.78 is 12.3. The summed E-state index contributed by atoms with van der Waals surface area (Å²) in [5.41, 5.74) is 7.59. The molecule has 1 heterocycles. The number of benzene rings is 2. The molecular weight excluding hydrogens is 492 g/mol. The Hall–Kier alpha value is -3.79. The molecule has 0 radical (unpaired) electrons. The molecule has 2 unspecified atom stereocenters. The van der Waals surface area contributed by atoms with E-state index in [0.29, 0.717) is 40.6 Å². The quantitative estimate of drug-likeness (QED) is 0.123. The predicted octanol–water partition coefficient (Wildman–Crippen LogP) is 3.33. The molecule has 9 nitrogen and oxygen atoms in total. The Labute approximate surface area is 217 Å². The highest BCUT2D eigenvalue weighted by Gasteiger charge is 2.26. The van der Waals surface area contributed by atoms with Crippen LogP contribution in [0, 0.1) is 5.41 Å². The lowest BCUT2D eigenvalue weighted by molar-refractivity contribution is -0.139. The van der Waals surface area contributed by atoms with Crippen molar-refractivity contribution in [3.63, 3.8) is 0 Å². The number of ketones is 1. The third-order valence-electron chi connectivity index (χ3n) is 6.04. The number of aromatic amines is 1. The van der Waals surface area contributed by atoms with Crippen molar-refractivity contribution < 1.29 is 23.7 Å². The first-order valence-corrected chi connectivity index (χ1v) is 13.6. The number of aromatic nitrogens is 1. The summed E-state index contributed by atoms with van der Waals surface area (Å²) in [5, 5.41) is 20.1. The molecule has 3 rings (SSSR count). The van der Waals surface area contributed by atoms with Crippen LogP contribution in [0.5, 0.6) is 0 Å². The third-order valence-corrected chi connectivity index (χ3v) is 7.04. The molecule has 37 heavy (non-hydrogen) atoms. The largest absolute Gasteiger partial charge is 0.480 e. The summed E-state index contributed by atoms with van der Waals surface area (Å²) >= 11 is 0. The van der Waals surface area contributed by atoms with E-state index in [1.54, 1.807) is 48.5 Å². The van der Waals surface area contributed by atoms with Crippen molar-refractivity contribution in [3.8, 4) is 0 Å². The van der Waals surface area contributed by atoms with Crippen LogP contribution in [0.25, 0.3) is 10.9 Å². The van der Waals surface area contributed by atoms with Gasteiger partial charge in [-0.2, -0.15) is 0 Å². The van der Waals surface area contributed by atoms with E-state index < -0.39 is 28.7 Å². The maximum atomic E-state index is 13.0. The van der Waals surface area contributed by atoms with Gasteiger partial charge in [0.1, 0.15) is 17.5 Å². The Morgan fingerprint density at radius 2 is 1.68 bits per heavy atom. The number of amides is 1. The maximum Gasteiger partial charge on any atom is 0.326 e. The third kappa shape index (κ3) is 7.85. The van der Waals surface area contributed by atoms with Gasteiger partial charge in [0.2, 0.25) is 0 Å². The zero-order valence-electron chi connectivity index (χ0n) is 20.7. The van der Waals surface area contributed by atoms with Gasteiger partial charge in [-0.1, -0.05) is 48.9 Å². The van der Waals surface area contributed by atoms with Gasteiger partial charge in [0.25, 0.3) is 5.91 Å². The second kappa shape index (κ2) is 13.0. The molecule has 0 saturated carbocycles. The Morgan fingerprint density at radius 1 is 1.03 bits per heavy atom. The van der Waals surface area contributed by atoms with Crippen LogP contribution in [0.15, 0.2) is 53.4 Å². The highest BCUT2D eigenvalue weighted by Crippen LogP contribution is 2.25. The Balaban J connectivity index is 1.60. The van der Waals surface area contributed by atoms with Crippen LogP contribution in [0.2, 0.25) is 0 Å². The van der Waals surface area contributed by atoms with Crippen LogP contribution >= 0.6 is 0 Å². The summed E-state index contributed by atoms with van der Waals surface area (Å²) in [6, 6.07) is 13.0. The van der Waals surface area contributed by atoms with Gasteiger partial charge in [0.05, 0.1) is 21.5 Å². The fourth-order valence-corrected chi connectivity index (χ4v) is 5.08. The van der Waals surface area contributed by atoms with Crippen LogP contribution in [0.1, 0.15) is 53.7 Å². The number of H-pyrrole nitrogens is 1. The molecule has 1 aromatic heterocycles. The highest BCUT2D eigenvalue weighted by molar-refractivity contribution is 7.84. The summed E-state index contributed by atoms with van der Waals surface area (Å²) in [6.07, 6.45) is 5.24. The highest BCUT2D eigenvalue weighted by atomic mass is 32.2. The number of amidine groups is 1. The van der Waals surface area contributed by atoms with E-state index in [-0.39, 0.29) is 23.7 Å². The van der Waals surface area contributed by atoms with E-state index in [1.807, 2.05) is 0 Å². The van der Waals surface area contributed by atoms with Crippen molar-refractivity contribution in [2.45, 2.75) is 55.9 Å². The Kier molecular flexibility index (Phi) is 9.73. The number of carboxylic acid groups (broad SMARTS) is 1. The topological polar surface area (TPSA) is 166 Å². The van der Waals surface area contributed by atoms with E-state index in [0.717, 1.165) is 24.8 Å². The maximum absolute atomic E-state index is 13.0. The second-order valence-corrected chi connectivity index (χ2v) is 10.3. The summed E-state index contributed by atoms with van der Waals surface area (Å²) in [7, 11) is -1.46. The van der Waals surface area contributed by atoms with Gasteiger partial charge in [-0.3, -0.25) is 19.2 Å². The van der Waals surface area contributed by atoms with Crippen molar-refractivity contribution in [3.05, 3.63) is 65.4 Å². The average molecular weight is 525 g/mol. The van der Waals surface area contributed by atoms with Gasteiger partial charge in [0.15, 0.2) is 0 Å². The number of rotatable bonds is 14. The van der Waals surface area contributed by atoms with Crippen LogP contribution in [-0.4, -0.2) is 50.1 Å². The van der Waals surface area contributed by atoms with Gasteiger partial charge in [-0.25, -0.2) is 4.79 Å². The van der Waals surface area contributed by atoms with Gasteiger partial charge < -0.3 is 21.1 Å². The van der Waals surface area contributed by atoms with Gasteiger partial charge in [0, 0.05) is 42.8 Å². The van der Waals surface area contributed by atoms with Crippen molar-refractivity contribution >= 4 is 45.2 Å². The fraction of sp³-hybridized carbons (Fsp3) is 0.333. The van der Waals surface area contributed by atoms with Crippen molar-refractivity contribution in [1.29, 1.82) is 5.41 Å². The first kappa shape index (κ1) is 27.8. The first-order valence-electron chi connectivity index (χ1n) is 12.1. The average Bonchev–Trinajstić information content (AvgIpc) is 3.24. The van der Waals surface area contributed by atoms with E-state index in [2.05, 4.69) is 10.3 Å². The number of Topliss-reactive ketones (excluding diaryl/α,β-unsaturated/α-hetero) is 1. The number of nitrogens with two attached hydrogens (primary N) is 1. The minimum Gasteiger partial charge on any atom is -0.480 e. The number of carboxylic acids is 1. The molecule has 196 valence electrons. The van der Waals surface area contributed by atoms with Crippen LogP contribution in [-0.2, 0) is 33.2 Å². The van der Waals surface area contributed by atoms with Crippen LogP contribution < -0.4 is 11.1 Å². The van der Waals surface area contributed by atoms with Gasteiger partial charge in [-0.05, 0) is 30.0 Å². The predicted molar refractivity (Wildman–Crippen MR) is 143 cm³/mol. The lowest BCUT2D eigenvalue weighted by Crippen LogP contribution is -2.42. The molecule has 0 aliphatic rings. The summed E-state index contributed by atoms with van der Waals surface area (Å²) in [4.78, 5) is 40.4. The SMILES string of the molecule is CS(=O)c1c(C(=O)NC(Cc2ccc(CC(=O)CCCCCC(=N)N)cc2)C(=O)O)[nH]c2ccccc12. The number of hydrogen-bond acceptors (Lipinski definition) is 5. The number of para-hydroxylation sites is 1. The molecule has 0 fully saturated rings. The smallest absolute Gasteiger partial charge is 0.326 e. The van der Waals surface area contributed by atoms with Crippen LogP contribution in [0.3, 0.4) is 0 Å². The minimum absolute atomic E-state index is 0.0518. The van der Waals surface area contributed by atoms with Crippen molar-refractivity contribution in [2.75, 3.05) is 6.26 Å². The molecule has 0 bridgehead atoms. The monoisotopic (exact) mass is 524 g/mol. The number of carbonyl (C=O) groups excluding carboxylic acids is 2. The molecule has 0 spiro atoms. The van der Waals surface area contributed by atoms with Gasteiger partial charge in [-0.15, -0.1) is 0 Å².